The lowest BCUT2D eigenvalue weighted by Gasteiger charge is -2.24. The Kier molecular flexibility index (Phi) is 7.30. The van der Waals surface area contributed by atoms with Crippen LogP contribution in [0.1, 0.15) is 17.0 Å². The average Bonchev–Trinajstić information content (AvgIpc) is 3.64. The lowest BCUT2D eigenvalue weighted by atomic mass is 9.97. The van der Waals surface area contributed by atoms with E-state index in [2.05, 4.69) is 33.8 Å². The summed E-state index contributed by atoms with van der Waals surface area (Å²) in [6.07, 6.45) is 9.92. The number of nitrogens with two attached hydrogens (primary N) is 1. The molecule has 4 heterocycles. The second-order valence-corrected chi connectivity index (χ2v) is 16.0. The Morgan fingerprint density at radius 2 is 1.84 bits per heavy atom. The summed E-state index contributed by atoms with van der Waals surface area (Å²) >= 11 is 0. The lowest BCUT2D eigenvalue weighted by Crippen LogP contribution is -2.24. The topological polar surface area (TPSA) is 131 Å². The number of fused-ring (bicyclic) bond motifs is 2. The van der Waals surface area contributed by atoms with Gasteiger partial charge in [0.1, 0.15) is 24.0 Å². The molecule has 0 bridgehead atoms. The van der Waals surface area contributed by atoms with Crippen molar-refractivity contribution >= 4 is 32.5 Å². The van der Waals surface area contributed by atoms with Crippen molar-refractivity contribution in [3.8, 4) is 22.4 Å². The Balaban J connectivity index is 1.50. The van der Waals surface area contributed by atoms with Crippen molar-refractivity contribution in [1.82, 2.24) is 33.9 Å². The smallest absolute Gasteiger partial charge is 0.353 e. The second-order valence-electron chi connectivity index (χ2n) is 11.4. The number of hydrogen-bond acceptors (Lipinski definition) is 8. The van der Waals surface area contributed by atoms with Gasteiger partial charge in [-0.1, -0.05) is 0 Å². The largest absolute Gasteiger partial charge is 0.448 e. The minimum absolute atomic E-state index is 0.0361. The normalized spacial score (nSPS) is 12.5. The Labute approximate surface area is 248 Å². The summed E-state index contributed by atoms with van der Waals surface area (Å²) in [6.45, 7) is 4.87. The second kappa shape index (κ2) is 11.0. The maximum Gasteiger partial charge on any atom is 0.353 e. The van der Waals surface area contributed by atoms with Crippen LogP contribution in [-0.2, 0) is 18.0 Å². The highest BCUT2D eigenvalue weighted by Crippen LogP contribution is 2.37. The standard InChI is InChI=1S/C30H33FN8O3S/c1-18-12-21(13-22-14-34-38(27(18)22)17-41-10-11-43(3,4)5)25-26(20-6-8-23(31)9-7-20)35-29(32)39-28(25)36-37(30(39)40)15-24-19(2)42-16-33-24/h6-9,12-14,16H,10-11,15,17H2,1-5H3,(H2,32,35). The fourth-order valence-corrected chi connectivity index (χ4v) is 5.68. The first-order valence-electron chi connectivity index (χ1n) is 13.6. The zero-order chi connectivity index (χ0) is 30.5. The highest BCUT2D eigenvalue weighted by atomic mass is 32.3. The molecule has 6 rings (SSSR count). The molecule has 0 radical (unpaired) electrons. The molecular formula is C30H33FN8O3S. The van der Waals surface area contributed by atoms with Gasteiger partial charge >= 0.3 is 5.69 Å². The van der Waals surface area contributed by atoms with Crippen molar-refractivity contribution in [1.29, 1.82) is 0 Å². The van der Waals surface area contributed by atoms with E-state index in [1.165, 1.54) is 27.6 Å². The van der Waals surface area contributed by atoms with Crippen molar-refractivity contribution in [2.45, 2.75) is 27.1 Å². The van der Waals surface area contributed by atoms with Gasteiger partial charge in [0, 0.05) is 16.7 Å². The van der Waals surface area contributed by atoms with Crippen molar-refractivity contribution < 1.29 is 13.5 Å². The van der Waals surface area contributed by atoms with E-state index in [1.54, 1.807) is 25.3 Å². The SMILES string of the molecule is Cc1ocnc1Cn1nc2c(-c3cc(C)c4c(cnn4COCCS(C)(C)C)c3)c(-c3ccc(F)cc3)nc(N)n2c1=O. The van der Waals surface area contributed by atoms with Gasteiger partial charge in [0.2, 0.25) is 5.95 Å². The van der Waals surface area contributed by atoms with Crippen LogP contribution in [0.25, 0.3) is 38.9 Å². The van der Waals surface area contributed by atoms with E-state index in [-0.39, 0.29) is 18.3 Å². The average molecular weight is 605 g/mol. The molecular weight excluding hydrogens is 571 g/mol. The van der Waals surface area contributed by atoms with Crippen molar-refractivity contribution in [2.75, 3.05) is 36.9 Å². The Morgan fingerprint density at radius 3 is 2.53 bits per heavy atom. The zero-order valence-corrected chi connectivity index (χ0v) is 25.5. The van der Waals surface area contributed by atoms with Crippen LogP contribution in [0.4, 0.5) is 10.3 Å². The molecule has 0 aliphatic rings. The number of aryl methyl sites for hydroxylation is 2. The van der Waals surface area contributed by atoms with Crippen LogP contribution in [0.15, 0.2) is 58.2 Å². The summed E-state index contributed by atoms with van der Waals surface area (Å²) < 4.78 is 29.6. The monoisotopic (exact) mass is 604 g/mol. The molecule has 43 heavy (non-hydrogen) atoms. The van der Waals surface area contributed by atoms with Crippen molar-refractivity contribution in [2.24, 2.45) is 0 Å². The van der Waals surface area contributed by atoms with E-state index >= 15 is 0 Å². The molecule has 224 valence electrons. The van der Waals surface area contributed by atoms with Crippen LogP contribution in [-0.4, -0.2) is 65.1 Å². The summed E-state index contributed by atoms with van der Waals surface area (Å²) in [5, 5.41) is 10.2. The third kappa shape index (κ3) is 5.53. The molecule has 4 aromatic heterocycles. The number of oxazole rings is 1. The highest BCUT2D eigenvalue weighted by molar-refractivity contribution is 8.32. The quantitative estimate of drug-likeness (QED) is 0.237. The fraction of sp³-hybridized carbons (Fsp3) is 0.300. The van der Waals surface area contributed by atoms with E-state index in [1.807, 2.05) is 23.7 Å². The maximum atomic E-state index is 13.9. The molecule has 2 N–H and O–H groups in total. The molecule has 11 nitrogen and oxygen atoms in total. The number of benzene rings is 2. The first-order valence-corrected chi connectivity index (χ1v) is 16.7. The molecule has 0 aliphatic carbocycles. The molecule has 6 aromatic rings. The van der Waals surface area contributed by atoms with E-state index in [4.69, 9.17) is 20.0 Å². The number of nitrogens with zero attached hydrogens (tertiary/aromatic N) is 7. The molecule has 0 fully saturated rings. The minimum atomic E-state index is -0.651. The van der Waals surface area contributed by atoms with Gasteiger partial charge in [-0.3, -0.25) is 0 Å². The van der Waals surface area contributed by atoms with Crippen LogP contribution >= 0.6 is 10.0 Å². The van der Waals surface area contributed by atoms with E-state index < -0.39 is 15.7 Å². The van der Waals surface area contributed by atoms with E-state index in [0.717, 1.165) is 27.8 Å². The maximum absolute atomic E-state index is 13.9. The molecule has 0 amide bonds. The number of halogens is 1. The number of aromatic nitrogens is 7. The van der Waals surface area contributed by atoms with Crippen LogP contribution in [0.2, 0.25) is 0 Å². The molecule has 0 unspecified atom stereocenters. The summed E-state index contributed by atoms with van der Waals surface area (Å²) in [7, 11) is -0.651. The third-order valence-electron chi connectivity index (χ3n) is 7.28. The van der Waals surface area contributed by atoms with Gasteiger partial charge in [-0.15, -0.1) is 5.10 Å². The first-order chi connectivity index (χ1) is 20.5. The summed E-state index contributed by atoms with van der Waals surface area (Å²) in [6, 6.07) is 9.97. The number of rotatable bonds is 9. The van der Waals surface area contributed by atoms with Gasteiger partial charge in [0.05, 0.1) is 36.1 Å². The zero-order valence-electron chi connectivity index (χ0n) is 24.7. The molecule has 0 aliphatic heterocycles. The number of hydrogen-bond donors (Lipinski definition) is 1. The number of nitrogen functional groups attached to an aromatic ring is 1. The molecule has 13 heteroatoms. The molecule has 0 spiro atoms. The van der Waals surface area contributed by atoms with Crippen LogP contribution < -0.4 is 11.4 Å². The van der Waals surface area contributed by atoms with Gasteiger partial charge in [0.25, 0.3) is 0 Å². The van der Waals surface area contributed by atoms with E-state index in [0.29, 0.717) is 47.3 Å². The third-order valence-corrected chi connectivity index (χ3v) is 8.67. The van der Waals surface area contributed by atoms with Crippen LogP contribution in [0.3, 0.4) is 0 Å². The van der Waals surface area contributed by atoms with E-state index in [9.17, 15) is 9.18 Å². The van der Waals surface area contributed by atoms with Crippen LogP contribution in [0, 0.1) is 19.7 Å². The molecule has 0 saturated carbocycles. The predicted octanol–water partition coefficient (Wildman–Crippen LogP) is 4.62. The number of anilines is 1. The van der Waals surface area contributed by atoms with Gasteiger partial charge in [-0.2, -0.15) is 5.10 Å². The van der Waals surface area contributed by atoms with Gasteiger partial charge in [-0.05, 0) is 80.1 Å². The van der Waals surface area contributed by atoms with Gasteiger partial charge in [-0.25, -0.2) is 42.9 Å². The Morgan fingerprint density at radius 1 is 1.07 bits per heavy atom. The lowest BCUT2D eigenvalue weighted by molar-refractivity contribution is 0.0840. The Bertz CT molecular complexity index is 2020. The summed E-state index contributed by atoms with van der Waals surface area (Å²) in [5.41, 5.74) is 11.1. The van der Waals surface area contributed by atoms with Crippen molar-refractivity contribution in [3.05, 3.63) is 82.3 Å². The van der Waals surface area contributed by atoms with Crippen molar-refractivity contribution in [3.63, 3.8) is 0 Å². The molecule has 2 aromatic carbocycles. The predicted molar refractivity (Wildman–Crippen MR) is 167 cm³/mol. The van der Waals surface area contributed by atoms with Crippen LogP contribution in [0.5, 0.6) is 0 Å². The summed E-state index contributed by atoms with van der Waals surface area (Å²) in [4.78, 5) is 22.4. The fourth-order valence-electron chi connectivity index (χ4n) is 5.06. The minimum Gasteiger partial charge on any atom is -0.448 e. The van der Waals surface area contributed by atoms with Gasteiger partial charge < -0.3 is 14.9 Å². The highest BCUT2D eigenvalue weighted by Gasteiger charge is 2.23. The Hall–Kier alpha value is -4.49. The molecule has 0 atom stereocenters. The summed E-state index contributed by atoms with van der Waals surface area (Å²) in [5.74, 6) is 1.19. The molecule has 0 saturated heterocycles. The number of ether oxygens (including phenoxy) is 1. The van der Waals surface area contributed by atoms with Gasteiger partial charge in [0.15, 0.2) is 12.0 Å². The first kappa shape index (κ1) is 28.6.